The number of benzene rings is 1. The molecule has 1 atom stereocenters. The minimum atomic E-state index is 0.0700. The van der Waals surface area contributed by atoms with Crippen molar-refractivity contribution < 1.29 is 0 Å². The first-order valence-electron chi connectivity index (χ1n) is 6.92. The topological polar surface area (TPSA) is 29.3 Å². The number of hydrogen-bond donors (Lipinski definition) is 1. The molecular weight excluding hydrogens is 220 g/mol. The molecule has 2 rings (SSSR count). The summed E-state index contributed by atoms with van der Waals surface area (Å²) >= 11 is 0. The van der Waals surface area contributed by atoms with Crippen LogP contribution in [0.5, 0.6) is 0 Å². The number of nitrogens with two attached hydrogens (primary N) is 1. The van der Waals surface area contributed by atoms with E-state index in [1.165, 1.54) is 30.5 Å². The van der Waals surface area contributed by atoms with Crippen molar-refractivity contribution in [2.75, 3.05) is 18.0 Å². The van der Waals surface area contributed by atoms with Crippen LogP contribution in [0.3, 0.4) is 0 Å². The Morgan fingerprint density at radius 1 is 1.28 bits per heavy atom. The number of nitrogens with zero attached hydrogens (tertiary/aromatic N) is 1. The van der Waals surface area contributed by atoms with Gasteiger partial charge in [-0.25, -0.2) is 0 Å². The third-order valence-corrected chi connectivity index (χ3v) is 3.60. The van der Waals surface area contributed by atoms with Crippen molar-refractivity contribution in [3.63, 3.8) is 0 Å². The molecule has 2 heteroatoms. The fraction of sp³-hybridized carbons (Fsp3) is 0.500. The summed E-state index contributed by atoms with van der Waals surface area (Å²) in [7, 11) is 0. The van der Waals surface area contributed by atoms with Gasteiger partial charge in [-0.3, -0.25) is 0 Å². The van der Waals surface area contributed by atoms with Crippen LogP contribution in [0.1, 0.15) is 44.2 Å². The number of piperidine rings is 1. The normalized spacial score (nSPS) is 17.6. The maximum absolute atomic E-state index is 6.32. The number of hydrogen-bond acceptors (Lipinski definition) is 2. The summed E-state index contributed by atoms with van der Waals surface area (Å²) in [6.45, 7) is 8.34. The zero-order valence-electron chi connectivity index (χ0n) is 11.4. The van der Waals surface area contributed by atoms with Crippen molar-refractivity contribution in [1.82, 2.24) is 0 Å². The first-order chi connectivity index (χ1) is 8.68. The molecule has 0 bridgehead atoms. The zero-order chi connectivity index (χ0) is 13.0. The maximum atomic E-state index is 6.32. The molecule has 1 aliphatic heterocycles. The Balaban J connectivity index is 2.21. The van der Waals surface area contributed by atoms with Gasteiger partial charge in [-0.2, -0.15) is 0 Å². The summed E-state index contributed by atoms with van der Waals surface area (Å²) in [5, 5.41) is 0. The predicted molar refractivity (Wildman–Crippen MR) is 78.9 cm³/mol. The Labute approximate surface area is 110 Å². The van der Waals surface area contributed by atoms with Crippen molar-refractivity contribution in [2.24, 2.45) is 5.73 Å². The molecule has 0 radical (unpaired) electrons. The molecule has 0 saturated carbocycles. The smallest absolute Gasteiger partial charge is 0.0414 e. The number of rotatable bonds is 4. The molecule has 1 saturated heterocycles. The fourth-order valence-electron chi connectivity index (χ4n) is 2.71. The van der Waals surface area contributed by atoms with Gasteiger partial charge in [0.25, 0.3) is 0 Å². The molecule has 98 valence electrons. The van der Waals surface area contributed by atoms with Crippen LogP contribution in [0.25, 0.3) is 0 Å². The highest BCUT2D eigenvalue weighted by Gasteiger charge is 2.17. The molecule has 1 fully saturated rings. The molecule has 1 unspecified atom stereocenters. The molecule has 1 aliphatic rings. The van der Waals surface area contributed by atoms with Crippen LogP contribution in [-0.4, -0.2) is 13.1 Å². The summed E-state index contributed by atoms with van der Waals surface area (Å²) < 4.78 is 0. The summed E-state index contributed by atoms with van der Waals surface area (Å²) in [5.41, 5.74) is 10.1. The van der Waals surface area contributed by atoms with Gasteiger partial charge in [-0.1, -0.05) is 23.8 Å². The zero-order valence-corrected chi connectivity index (χ0v) is 11.4. The van der Waals surface area contributed by atoms with Gasteiger partial charge in [-0.05, 0) is 44.2 Å². The van der Waals surface area contributed by atoms with E-state index in [0.717, 1.165) is 25.1 Å². The second-order valence-electron chi connectivity index (χ2n) is 5.37. The number of anilines is 1. The molecule has 0 spiro atoms. The lowest BCUT2D eigenvalue weighted by molar-refractivity contribution is 0.573. The average Bonchev–Trinajstić information content (AvgIpc) is 2.39. The van der Waals surface area contributed by atoms with Crippen LogP contribution in [0.15, 0.2) is 36.4 Å². The highest BCUT2D eigenvalue weighted by Crippen LogP contribution is 2.30. The van der Waals surface area contributed by atoms with Gasteiger partial charge in [0.2, 0.25) is 0 Å². The van der Waals surface area contributed by atoms with Crippen LogP contribution in [0.4, 0.5) is 5.69 Å². The van der Waals surface area contributed by atoms with Crippen LogP contribution in [0.2, 0.25) is 0 Å². The Morgan fingerprint density at radius 3 is 2.61 bits per heavy atom. The van der Waals surface area contributed by atoms with Gasteiger partial charge in [-0.15, -0.1) is 6.58 Å². The largest absolute Gasteiger partial charge is 0.371 e. The van der Waals surface area contributed by atoms with Crippen LogP contribution >= 0.6 is 0 Å². The van der Waals surface area contributed by atoms with Gasteiger partial charge < -0.3 is 10.6 Å². The lowest BCUT2D eigenvalue weighted by atomic mass is 9.98. The lowest BCUT2D eigenvalue weighted by Gasteiger charge is -2.32. The first kappa shape index (κ1) is 13.2. The first-order valence-corrected chi connectivity index (χ1v) is 6.92. The Kier molecular flexibility index (Phi) is 4.43. The van der Waals surface area contributed by atoms with E-state index in [-0.39, 0.29) is 6.04 Å². The maximum Gasteiger partial charge on any atom is 0.0414 e. The molecule has 1 aromatic rings. The Bertz CT molecular complexity index is 405. The monoisotopic (exact) mass is 244 g/mol. The number of para-hydroxylation sites is 1. The highest BCUT2D eigenvalue weighted by molar-refractivity contribution is 5.55. The standard InChI is InChI=1S/C16H24N2/c1-13(2)12-15(17)14-8-4-5-9-16(14)18-10-6-3-7-11-18/h4-5,8-9,15H,1,3,6-7,10-12,17H2,2H3. The van der Waals surface area contributed by atoms with Gasteiger partial charge in [0.05, 0.1) is 0 Å². The molecule has 1 heterocycles. The van der Waals surface area contributed by atoms with Crippen LogP contribution in [0, 0.1) is 0 Å². The summed E-state index contributed by atoms with van der Waals surface area (Å²) in [6, 6.07) is 8.64. The quantitative estimate of drug-likeness (QED) is 0.819. The van der Waals surface area contributed by atoms with Crippen LogP contribution in [-0.2, 0) is 0 Å². The van der Waals surface area contributed by atoms with Crippen molar-refractivity contribution in [3.8, 4) is 0 Å². The van der Waals surface area contributed by atoms with Crippen molar-refractivity contribution in [3.05, 3.63) is 42.0 Å². The van der Waals surface area contributed by atoms with Gasteiger partial charge in [0.1, 0.15) is 0 Å². The van der Waals surface area contributed by atoms with E-state index in [1.54, 1.807) is 0 Å². The highest BCUT2D eigenvalue weighted by atomic mass is 15.1. The molecule has 1 aromatic carbocycles. The van der Waals surface area contributed by atoms with E-state index in [9.17, 15) is 0 Å². The molecule has 0 aromatic heterocycles. The lowest BCUT2D eigenvalue weighted by Crippen LogP contribution is -2.31. The molecule has 18 heavy (non-hydrogen) atoms. The second kappa shape index (κ2) is 6.05. The molecule has 2 nitrogen and oxygen atoms in total. The summed E-state index contributed by atoms with van der Waals surface area (Å²) in [4.78, 5) is 2.48. The van der Waals surface area contributed by atoms with Crippen LogP contribution < -0.4 is 10.6 Å². The fourth-order valence-corrected chi connectivity index (χ4v) is 2.71. The summed E-state index contributed by atoms with van der Waals surface area (Å²) in [5.74, 6) is 0. The van der Waals surface area contributed by atoms with Gasteiger partial charge in [0, 0.05) is 24.8 Å². The Hall–Kier alpha value is -1.28. The summed E-state index contributed by atoms with van der Waals surface area (Å²) in [6.07, 6.45) is 4.81. The van der Waals surface area contributed by atoms with Gasteiger partial charge in [0.15, 0.2) is 0 Å². The second-order valence-corrected chi connectivity index (χ2v) is 5.37. The third kappa shape index (κ3) is 3.14. The van der Waals surface area contributed by atoms with Gasteiger partial charge >= 0.3 is 0 Å². The van der Waals surface area contributed by atoms with E-state index in [0.29, 0.717) is 0 Å². The van der Waals surface area contributed by atoms with E-state index in [4.69, 9.17) is 5.73 Å². The Morgan fingerprint density at radius 2 is 1.94 bits per heavy atom. The van der Waals surface area contributed by atoms with E-state index < -0.39 is 0 Å². The minimum absolute atomic E-state index is 0.0700. The van der Waals surface area contributed by atoms with E-state index >= 15 is 0 Å². The average molecular weight is 244 g/mol. The minimum Gasteiger partial charge on any atom is -0.371 e. The molecular formula is C16H24N2. The van der Waals surface area contributed by atoms with Crippen molar-refractivity contribution >= 4 is 5.69 Å². The van der Waals surface area contributed by atoms with E-state index in [2.05, 4.69) is 35.7 Å². The molecule has 0 aliphatic carbocycles. The third-order valence-electron chi connectivity index (χ3n) is 3.60. The SMILES string of the molecule is C=C(C)CC(N)c1ccccc1N1CCCCC1. The van der Waals surface area contributed by atoms with E-state index in [1.807, 2.05) is 6.92 Å². The molecule has 0 amide bonds. The molecule has 2 N–H and O–H groups in total. The predicted octanol–water partition coefficient (Wildman–Crippen LogP) is 3.64. The van der Waals surface area contributed by atoms with Crippen molar-refractivity contribution in [2.45, 2.75) is 38.6 Å². The van der Waals surface area contributed by atoms with Crippen molar-refractivity contribution in [1.29, 1.82) is 0 Å².